The van der Waals surface area contributed by atoms with Gasteiger partial charge in [-0.15, -0.1) is 11.3 Å². The molecule has 0 spiro atoms. The van der Waals surface area contributed by atoms with E-state index in [-0.39, 0.29) is 12.0 Å². The van der Waals surface area contributed by atoms with Gasteiger partial charge in [0.15, 0.2) is 5.13 Å². The van der Waals surface area contributed by atoms with Crippen LogP contribution in [0.3, 0.4) is 0 Å². The molecule has 3 aromatic rings. The van der Waals surface area contributed by atoms with Crippen molar-refractivity contribution in [1.82, 2.24) is 9.88 Å². The number of rotatable bonds is 6. The third-order valence-corrected chi connectivity index (χ3v) is 7.48. The van der Waals surface area contributed by atoms with E-state index < -0.39 is 6.23 Å². The maximum Gasteiger partial charge on any atom is 0.329 e. The quantitative estimate of drug-likeness (QED) is 0.531. The first-order chi connectivity index (χ1) is 13.9. The zero-order valence-electron chi connectivity index (χ0n) is 16.7. The van der Waals surface area contributed by atoms with Crippen LogP contribution in [0, 0.1) is 13.8 Å². The van der Waals surface area contributed by atoms with Crippen LogP contribution in [0.4, 0.5) is 9.93 Å². The van der Waals surface area contributed by atoms with Crippen molar-refractivity contribution in [3.8, 4) is 0 Å². The SMILES string of the molecule is Cc1csc(CCCC(=O)OC2CN(C)C(=O)N2c2nc3ccccc3s2)c1C. The summed E-state index contributed by atoms with van der Waals surface area (Å²) in [4.78, 5) is 34.0. The van der Waals surface area contributed by atoms with Crippen molar-refractivity contribution in [3.05, 3.63) is 45.6 Å². The number of aryl methyl sites for hydroxylation is 2. The Morgan fingerprint density at radius 1 is 1.31 bits per heavy atom. The van der Waals surface area contributed by atoms with Gasteiger partial charge >= 0.3 is 12.0 Å². The monoisotopic (exact) mass is 429 g/mol. The molecule has 2 aromatic heterocycles. The molecule has 1 aliphatic rings. The van der Waals surface area contributed by atoms with Crippen molar-refractivity contribution in [2.45, 2.75) is 39.3 Å². The average Bonchev–Trinajstić information content (AvgIpc) is 3.33. The maximum atomic E-state index is 12.6. The molecule has 0 aliphatic carbocycles. The van der Waals surface area contributed by atoms with E-state index in [0.29, 0.717) is 18.1 Å². The largest absolute Gasteiger partial charge is 0.439 e. The van der Waals surface area contributed by atoms with Crippen LogP contribution in [-0.4, -0.2) is 41.7 Å². The molecule has 1 aromatic carbocycles. The van der Waals surface area contributed by atoms with Crippen LogP contribution < -0.4 is 4.90 Å². The molecule has 1 fully saturated rings. The lowest BCUT2D eigenvalue weighted by molar-refractivity contribution is -0.148. The van der Waals surface area contributed by atoms with Crippen LogP contribution in [0.15, 0.2) is 29.6 Å². The summed E-state index contributed by atoms with van der Waals surface area (Å²) in [6.07, 6.45) is 1.28. The number of urea groups is 1. The molecule has 29 heavy (non-hydrogen) atoms. The number of fused-ring (bicyclic) bond motifs is 1. The number of aromatic nitrogens is 1. The van der Waals surface area contributed by atoms with Crippen LogP contribution in [-0.2, 0) is 16.0 Å². The fourth-order valence-electron chi connectivity index (χ4n) is 3.37. The summed E-state index contributed by atoms with van der Waals surface area (Å²) in [5.74, 6) is -0.282. The minimum Gasteiger partial charge on any atom is -0.439 e. The maximum absolute atomic E-state index is 12.6. The molecule has 0 bridgehead atoms. The van der Waals surface area contributed by atoms with Crippen molar-refractivity contribution in [2.24, 2.45) is 0 Å². The van der Waals surface area contributed by atoms with E-state index in [1.165, 1.54) is 32.2 Å². The normalized spacial score (nSPS) is 16.8. The highest BCUT2D eigenvalue weighted by Gasteiger charge is 2.40. The summed E-state index contributed by atoms with van der Waals surface area (Å²) < 4.78 is 6.68. The van der Waals surface area contributed by atoms with Gasteiger partial charge in [-0.05, 0) is 55.3 Å². The van der Waals surface area contributed by atoms with Gasteiger partial charge in [-0.2, -0.15) is 0 Å². The van der Waals surface area contributed by atoms with E-state index in [2.05, 4.69) is 24.2 Å². The number of esters is 1. The molecule has 3 heterocycles. The van der Waals surface area contributed by atoms with Gasteiger partial charge in [-0.1, -0.05) is 23.5 Å². The zero-order chi connectivity index (χ0) is 20.5. The van der Waals surface area contributed by atoms with Crippen LogP contribution in [0.5, 0.6) is 0 Å². The standard InChI is InChI=1S/C21H23N3O3S2/c1-13-12-28-16(14(13)2)9-6-10-19(25)27-18-11-23(3)21(26)24(18)20-22-15-7-4-5-8-17(15)29-20/h4-5,7-8,12,18H,6,9-11H2,1-3H3. The number of likely N-dealkylation sites (N-methyl/N-ethyl adjacent to an activating group) is 1. The number of amides is 2. The lowest BCUT2D eigenvalue weighted by Crippen LogP contribution is -2.37. The Hall–Kier alpha value is -2.45. The van der Waals surface area contributed by atoms with Gasteiger partial charge in [0.25, 0.3) is 0 Å². The molecule has 4 rings (SSSR count). The molecule has 6 nitrogen and oxygen atoms in total. The smallest absolute Gasteiger partial charge is 0.329 e. The summed E-state index contributed by atoms with van der Waals surface area (Å²) in [6, 6.07) is 7.53. The molecule has 0 radical (unpaired) electrons. The molecule has 2 amide bonds. The van der Waals surface area contributed by atoms with Crippen LogP contribution in [0.1, 0.15) is 28.8 Å². The summed E-state index contributed by atoms with van der Waals surface area (Å²) in [5, 5.41) is 2.71. The third-order valence-electron chi connectivity index (χ3n) is 5.18. The van der Waals surface area contributed by atoms with Crippen molar-refractivity contribution >= 4 is 50.0 Å². The highest BCUT2D eigenvalue weighted by molar-refractivity contribution is 7.22. The minimum absolute atomic E-state index is 0.202. The Kier molecular flexibility index (Phi) is 5.56. The summed E-state index contributed by atoms with van der Waals surface area (Å²) in [6.45, 7) is 4.56. The van der Waals surface area contributed by atoms with Gasteiger partial charge in [0.1, 0.15) is 0 Å². The van der Waals surface area contributed by atoms with Crippen molar-refractivity contribution in [1.29, 1.82) is 0 Å². The molecular weight excluding hydrogens is 406 g/mol. The van der Waals surface area contributed by atoms with Crippen LogP contribution in [0.2, 0.25) is 0 Å². The summed E-state index contributed by atoms with van der Waals surface area (Å²) in [7, 11) is 1.71. The van der Waals surface area contributed by atoms with E-state index in [0.717, 1.165) is 23.1 Å². The summed E-state index contributed by atoms with van der Waals surface area (Å²) in [5.41, 5.74) is 3.45. The molecule has 1 unspecified atom stereocenters. The Labute approximate surface area is 177 Å². The lowest BCUT2D eigenvalue weighted by atomic mass is 10.1. The fourth-order valence-corrected chi connectivity index (χ4v) is 5.46. The number of ether oxygens (including phenoxy) is 1. The van der Waals surface area contributed by atoms with E-state index in [1.807, 2.05) is 24.3 Å². The lowest BCUT2D eigenvalue weighted by Gasteiger charge is -2.20. The first kappa shape index (κ1) is 19.8. The van der Waals surface area contributed by atoms with Gasteiger partial charge < -0.3 is 9.64 Å². The second-order valence-corrected chi connectivity index (χ2v) is 9.24. The molecular formula is C21H23N3O3S2. The van der Waals surface area contributed by atoms with Gasteiger partial charge in [0, 0.05) is 18.3 Å². The molecule has 1 saturated heterocycles. The number of carbonyl (C=O) groups excluding carboxylic acids is 2. The number of hydrogen-bond donors (Lipinski definition) is 0. The highest BCUT2D eigenvalue weighted by atomic mass is 32.1. The number of anilines is 1. The molecule has 0 saturated carbocycles. The van der Waals surface area contributed by atoms with Crippen molar-refractivity contribution < 1.29 is 14.3 Å². The summed E-state index contributed by atoms with van der Waals surface area (Å²) >= 11 is 3.17. The van der Waals surface area contributed by atoms with Gasteiger partial charge in [-0.25, -0.2) is 14.7 Å². The molecule has 1 atom stereocenters. The number of carbonyl (C=O) groups is 2. The van der Waals surface area contributed by atoms with Crippen LogP contribution >= 0.6 is 22.7 Å². The Bertz CT molecular complexity index is 1030. The minimum atomic E-state index is -0.647. The number of thiophene rings is 1. The second kappa shape index (κ2) is 8.12. The van der Waals surface area contributed by atoms with E-state index in [1.54, 1.807) is 23.3 Å². The highest BCUT2D eigenvalue weighted by Crippen LogP contribution is 2.33. The number of thiazole rings is 1. The molecule has 152 valence electrons. The zero-order valence-corrected chi connectivity index (χ0v) is 18.3. The number of nitrogens with zero attached hydrogens (tertiary/aromatic N) is 3. The van der Waals surface area contributed by atoms with Crippen LogP contribution in [0.25, 0.3) is 10.2 Å². The molecule has 1 aliphatic heterocycles. The Morgan fingerprint density at radius 2 is 2.10 bits per heavy atom. The van der Waals surface area contributed by atoms with Gasteiger partial charge in [0.2, 0.25) is 6.23 Å². The first-order valence-corrected chi connectivity index (χ1v) is 11.3. The first-order valence-electron chi connectivity index (χ1n) is 9.57. The van der Waals surface area contributed by atoms with Gasteiger partial charge in [-0.3, -0.25) is 4.79 Å². The van der Waals surface area contributed by atoms with Gasteiger partial charge in [0.05, 0.1) is 16.8 Å². The van der Waals surface area contributed by atoms with E-state index in [9.17, 15) is 9.59 Å². The Morgan fingerprint density at radius 3 is 2.83 bits per heavy atom. The topological polar surface area (TPSA) is 62.7 Å². The average molecular weight is 430 g/mol. The van der Waals surface area contributed by atoms with E-state index in [4.69, 9.17) is 4.74 Å². The molecule has 0 N–H and O–H groups in total. The van der Waals surface area contributed by atoms with Crippen molar-refractivity contribution in [2.75, 3.05) is 18.5 Å². The number of hydrogen-bond acceptors (Lipinski definition) is 6. The van der Waals surface area contributed by atoms with Crippen molar-refractivity contribution in [3.63, 3.8) is 0 Å². The Balaban J connectivity index is 1.41. The predicted octanol–water partition coefficient (Wildman–Crippen LogP) is 4.74. The fraction of sp³-hybridized carbons (Fsp3) is 0.381. The second-order valence-electron chi connectivity index (χ2n) is 7.26. The number of benzene rings is 1. The van der Waals surface area contributed by atoms with E-state index >= 15 is 0 Å². The molecule has 8 heteroatoms. The predicted molar refractivity (Wildman–Crippen MR) is 117 cm³/mol. The number of para-hydroxylation sites is 1. The third kappa shape index (κ3) is 4.00.